The van der Waals surface area contributed by atoms with Crippen molar-refractivity contribution in [3.8, 4) is 11.5 Å². The predicted octanol–water partition coefficient (Wildman–Crippen LogP) is 1.89. The lowest BCUT2D eigenvalue weighted by molar-refractivity contribution is -0.115. The number of amides is 1. The Labute approximate surface area is 147 Å². The standard InChI is InChI=1S/C18H24N4O3/c1-4-22-13(3)18(12(2)21-22)20-17(23)10-19-9-14-11-24-15-7-5-6-8-16(15)25-14/h5-8,14,19H,4,9-11H2,1-3H3,(H,20,23)/t14-/m0/s1. The van der Waals surface area contributed by atoms with Gasteiger partial charge in [-0.15, -0.1) is 0 Å². The number of hydrogen-bond donors (Lipinski definition) is 2. The van der Waals surface area contributed by atoms with Crippen molar-refractivity contribution in [2.45, 2.75) is 33.4 Å². The summed E-state index contributed by atoms with van der Waals surface area (Å²) < 4.78 is 13.4. The van der Waals surface area contributed by atoms with Crippen LogP contribution < -0.4 is 20.1 Å². The fraction of sp³-hybridized carbons (Fsp3) is 0.444. The maximum Gasteiger partial charge on any atom is 0.238 e. The zero-order chi connectivity index (χ0) is 17.8. The van der Waals surface area contributed by atoms with Gasteiger partial charge in [0.25, 0.3) is 0 Å². The quantitative estimate of drug-likeness (QED) is 0.837. The van der Waals surface area contributed by atoms with Crippen molar-refractivity contribution in [3.05, 3.63) is 35.7 Å². The Morgan fingerprint density at radius 3 is 2.80 bits per heavy atom. The molecule has 1 aromatic heterocycles. The van der Waals surface area contributed by atoms with Crippen LogP contribution in [0, 0.1) is 13.8 Å². The summed E-state index contributed by atoms with van der Waals surface area (Å²) in [4.78, 5) is 12.2. The van der Waals surface area contributed by atoms with Crippen LogP contribution >= 0.6 is 0 Å². The number of fused-ring (bicyclic) bond motifs is 1. The van der Waals surface area contributed by atoms with Gasteiger partial charge in [-0.05, 0) is 32.9 Å². The third-order valence-corrected chi connectivity index (χ3v) is 4.17. The van der Waals surface area contributed by atoms with E-state index in [0.29, 0.717) is 13.2 Å². The minimum Gasteiger partial charge on any atom is -0.486 e. The zero-order valence-electron chi connectivity index (χ0n) is 14.8. The Morgan fingerprint density at radius 2 is 2.08 bits per heavy atom. The summed E-state index contributed by atoms with van der Waals surface area (Å²) in [5.41, 5.74) is 2.59. The Morgan fingerprint density at radius 1 is 1.32 bits per heavy atom. The van der Waals surface area contributed by atoms with Gasteiger partial charge in [0.2, 0.25) is 5.91 Å². The third kappa shape index (κ3) is 3.93. The summed E-state index contributed by atoms with van der Waals surface area (Å²) in [6, 6.07) is 7.58. The van der Waals surface area contributed by atoms with E-state index in [4.69, 9.17) is 9.47 Å². The fourth-order valence-corrected chi connectivity index (χ4v) is 2.88. The molecule has 3 rings (SSSR count). The second-order valence-corrected chi connectivity index (χ2v) is 6.04. The smallest absolute Gasteiger partial charge is 0.238 e. The molecule has 1 aromatic carbocycles. The number of para-hydroxylation sites is 2. The van der Waals surface area contributed by atoms with Gasteiger partial charge in [0.1, 0.15) is 12.7 Å². The number of aromatic nitrogens is 2. The number of ether oxygens (including phenoxy) is 2. The minimum atomic E-state index is -0.117. The number of rotatable bonds is 6. The Hall–Kier alpha value is -2.54. The van der Waals surface area contributed by atoms with E-state index in [9.17, 15) is 4.79 Å². The maximum absolute atomic E-state index is 12.2. The van der Waals surface area contributed by atoms with Crippen LogP contribution in [0.4, 0.5) is 5.69 Å². The highest BCUT2D eigenvalue weighted by Gasteiger charge is 2.20. The van der Waals surface area contributed by atoms with E-state index < -0.39 is 0 Å². The van der Waals surface area contributed by atoms with Crippen LogP contribution in [0.25, 0.3) is 0 Å². The lowest BCUT2D eigenvalue weighted by Gasteiger charge is -2.26. The lowest BCUT2D eigenvalue weighted by Crippen LogP contribution is -2.41. The average molecular weight is 344 g/mol. The molecule has 1 aliphatic rings. The Kier molecular flexibility index (Phi) is 5.23. The first-order valence-electron chi connectivity index (χ1n) is 8.51. The first-order valence-corrected chi connectivity index (χ1v) is 8.51. The SMILES string of the molecule is CCn1nc(C)c(NC(=O)CNC[C@H]2COc3ccccc3O2)c1C. The molecule has 2 N–H and O–H groups in total. The number of aryl methyl sites for hydroxylation is 2. The molecule has 7 heteroatoms. The van der Waals surface area contributed by atoms with Crippen LogP contribution in [-0.4, -0.2) is 41.5 Å². The molecule has 2 heterocycles. The van der Waals surface area contributed by atoms with E-state index in [-0.39, 0.29) is 18.6 Å². The number of carbonyl (C=O) groups excluding carboxylic acids is 1. The molecule has 0 spiro atoms. The molecule has 134 valence electrons. The highest BCUT2D eigenvalue weighted by molar-refractivity contribution is 5.93. The van der Waals surface area contributed by atoms with Crippen molar-refractivity contribution in [2.24, 2.45) is 0 Å². The molecule has 7 nitrogen and oxygen atoms in total. The van der Waals surface area contributed by atoms with Gasteiger partial charge in [-0.2, -0.15) is 5.10 Å². The van der Waals surface area contributed by atoms with Gasteiger partial charge in [-0.3, -0.25) is 9.48 Å². The first-order chi connectivity index (χ1) is 12.1. The molecule has 0 fully saturated rings. The van der Waals surface area contributed by atoms with Crippen LogP contribution in [0.5, 0.6) is 11.5 Å². The van der Waals surface area contributed by atoms with Crippen molar-refractivity contribution < 1.29 is 14.3 Å². The minimum absolute atomic E-state index is 0.0982. The Balaban J connectivity index is 1.47. The molecule has 2 aromatic rings. The van der Waals surface area contributed by atoms with E-state index in [1.807, 2.05) is 49.7 Å². The molecule has 1 aliphatic heterocycles. The monoisotopic (exact) mass is 344 g/mol. The Bertz CT molecular complexity index is 757. The van der Waals surface area contributed by atoms with Crippen molar-refractivity contribution in [1.82, 2.24) is 15.1 Å². The van der Waals surface area contributed by atoms with E-state index >= 15 is 0 Å². The molecular formula is C18H24N4O3. The van der Waals surface area contributed by atoms with Gasteiger partial charge >= 0.3 is 0 Å². The van der Waals surface area contributed by atoms with Crippen LogP contribution in [0.2, 0.25) is 0 Å². The summed E-state index contributed by atoms with van der Waals surface area (Å²) >= 11 is 0. The van der Waals surface area contributed by atoms with E-state index in [0.717, 1.165) is 35.1 Å². The van der Waals surface area contributed by atoms with Gasteiger partial charge in [-0.25, -0.2) is 0 Å². The molecular weight excluding hydrogens is 320 g/mol. The summed E-state index contributed by atoms with van der Waals surface area (Å²) in [5.74, 6) is 1.40. The van der Waals surface area contributed by atoms with E-state index in [1.165, 1.54) is 0 Å². The molecule has 0 bridgehead atoms. The third-order valence-electron chi connectivity index (χ3n) is 4.17. The molecule has 0 saturated heterocycles. The topological polar surface area (TPSA) is 77.4 Å². The van der Waals surface area contributed by atoms with Gasteiger partial charge < -0.3 is 20.1 Å². The number of nitrogens with zero attached hydrogens (tertiary/aromatic N) is 2. The molecule has 25 heavy (non-hydrogen) atoms. The molecule has 0 radical (unpaired) electrons. The highest BCUT2D eigenvalue weighted by atomic mass is 16.6. The van der Waals surface area contributed by atoms with E-state index in [1.54, 1.807) is 0 Å². The van der Waals surface area contributed by atoms with Crippen LogP contribution in [0.3, 0.4) is 0 Å². The maximum atomic E-state index is 12.2. The van der Waals surface area contributed by atoms with Crippen LogP contribution in [-0.2, 0) is 11.3 Å². The zero-order valence-corrected chi connectivity index (χ0v) is 14.8. The van der Waals surface area contributed by atoms with E-state index in [2.05, 4.69) is 15.7 Å². The summed E-state index contributed by atoms with van der Waals surface area (Å²) in [6.07, 6.45) is -0.117. The fourth-order valence-electron chi connectivity index (χ4n) is 2.88. The summed E-state index contributed by atoms with van der Waals surface area (Å²) in [5, 5.41) is 10.5. The average Bonchev–Trinajstić information content (AvgIpc) is 2.89. The van der Waals surface area contributed by atoms with Crippen molar-refractivity contribution >= 4 is 11.6 Å². The lowest BCUT2D eigenvalue weighted by atomic mass is 10.2. The number of anilines is 1. The first kappa shape index (κ1) is 17.3. The largest absolute Gasteiger partial charge is 0.486 e. The normalized spacial score (nSPS) is 15.9. The summed E-state index contributed by atoms with van der Waals surface area (Å²) in [7, 11) is 0. The van der Waals surface area contributed by atoms with Gasteiger partial charge in [0, 0.05) is 13.1 Å². The second kappa shape index (κ2) is 7.57. The van der Waals surface area contributed by atoms with Gasteiger partial charge in [0.15, 0.2) is 11.5 Å². The van der Waals surface area contributed by atoms with Crippen molar-refractivity contribution in [2.75, 3.05) is 25.0 Å². The molecule has 1 atom stereocenters. The van der Waals surface area contributed by atoms with Crippen LogP contribution in [0.1, 0.15) is 18.3 Å². The molecule has 0 unspecified atom stereocenters. The number of nitrogens with one attached hydrogen (secondary N) is 2. The van der Waals surface area contributed by atoms with Crippen LogP contribution in [0.15, 0.2) is 24.3 Å². The van der Waals surface area contributed by atoms with Crippen molar-refractivity contribution in [1.29, 1.82) is 0 Å². The molecule has 0 aliphatic carbocycles. The summed E-state index contributed by atoms with van der Waals surface area (Å²) in [6.45, 7) is 7.86. The van der Waals surface area contributed by atoms with Gasteiger partial charge in [-0.1, -0.05) is 12.1 Å². The van der Waals surface area contributed by atoms with Gasteiger partial charge in [0.05, 0.1) is 23.6 Å². The molecule has 1 amide bonds. The highest BCUT2D eigenvalue weighted by Crippen LogP contribution is 2.30. The number of benzene rings is 1. The molecule has 0 saturated carbocycles. The second-order valence-electron chi connectivity index (χ2n) is 6.04. The number of carbonyl (C=O) groups is 1. The van der Waals surface area contributed by atoms with Crippen molar-refractivity contribution in [3.63, 3.8) is 0 Å². The predicted molar refractivity (Wildman–Crippen MR) is 95.2 cm³/mol. The number of hydrogen-bond acceptors (Lipinski definition) is 5.